The minimum absolute atomic E-state index is 0.232. The Labute approximate surface area is 98.7 Å². The molecule has 0 amide bonds. The van der Waals surface area contributed by atoms with Gasteiger partial charge in [-0.3, -0.25) is 28.1 Å². The molecule has 0 aliphatic carbocycles. The van der Waals surface area contributed by atoms with Gasteiger partial charge in [-0.1, -0.05) is 0 Å². The zero-order valence-corrected chi connectivity index (χ0v) is 9.67. The van der Waals surface area contributed by atoms with Gasteiger partial charge in [0.2, 0.25) is 5.78 Å². The summed E-state index contributed by atoms with van der Waals surface area (Å²) in [6.07, 6.45) is 1.45. The van der Waals surface area contributed by atoms with Crippen molar-refractivity contribution in [2.24, 2.45) is 14.1 Å². The fourth-order valence-corrected chi connectivity index (χ4v) is 1.94. The lowest BCUT2D eigenvalue weighted by Gasteiger charge is -2.01. The van der Waals surface area contributed by atoms with Gasteiger partial charge in [-0.2, -0.15) is 4.98 Å². The molecule has 1 N–H and O–H groups in total. The number of nitrogens with zero attached hydrogens (tertiary/aromatic N) is 4. The fourth-order valence-electron chi connectivity index (χ4n) is 1.94. The molecule has 3 aromatic rings. The number of fused-ring (bicyclic) bond motifs is 3. The van der Waals surface area contributed by atoms with Crippen LogP contribution in [0.2, 0.25) is 0 Å². The second-order valence-corrected chi connectivity index (χ2v) is 3.99. The summed E-state index contributed by atoms with van der Waals surface area (Å²) in [6, 6.07) is 1.29. The van der Waals surface area contributed by atoms with Crippen molar-refractivity contribution < 1.29 is 0 Å². The van der Waals surface area contributed by atoms with Crippen molar-refractivity contribution in [1.82, 2.24) is 23.5 Å². The van der Waals surface area contributed by atoms with Crippen LogP contribution in [-0.4, -0.2) is 23.5 Å². The Kier molecular flexibility index (Phi) is 1.86. The maximum absolute atomic E-state index is 12.1. The van der Waals surface area contributed by atoms with Crippen molar-refractivity contribution in [3.05, 3.63) is 43.5 Å². The van der Waals surface area contributed by atoms with E-state index in [1.807, 2.05) is 0 Å². The van der Waals surface area contributed by atoms with Crippen LogP contribution in [0.3, 0.4) is 0 Å². The van der Waals surface area contributed by atoms with Gasteiger partial charge in [0, 0.05) is 26.4 Å². The molecule has 92 valence electrons. The van der Waals surface area contributed by atoms with Gasteiger partial charge < -0.3 is 0 Å². The Morgan fingerprint density at radius 3 is 2.61 bits per heavy atom. The molecule has 18 heavy (non-hydrogen) atoms. The van der Waals surface area contributed by atoms with E-state index in [9.17, 15) is 14.4 Å². The molecule has 0 aliphatic rings. The molecule has 0 spiro atoms. The first-order valence-corrected chi connectivity index (χ1v) is 5.18. The summed E-state index contributed by atoms with van der Waals surface area (Å²) in [5.74, 6) is 0.232. The van der Waals surface area contributed by atoms with Crippen LogP contribution in [0, 0.1) is 0 Å². The molecule has 0 saturated heterocycles. The Bertz CT molecular complexity index is 956. The van der Waals surface area contributed by atoms with Crippen molar-refractivity contribution in [2.45, 2.75) is 0 Å². The van der Waals surface area contributed by atoms with Gasteiger partial charge in [-0.15, -0.1) is 0 Å². The number of aryl methyl sites for hydroxylation is 1. The van der Waals surface area contributed by atoms with Crippen molar-refractivity contribution in [3.63, 3.8) is 0 Å². The van der Waals surface area contributed by atoms with E-state index >= 15 is 0 Å². The number of aromatic amines is 1. The fraction of sp³-hybridized carbons (Fsp3) is 0.200. The molecule has 8 nitrogen and oxygen atoms in total. The van der Waals surface area contributed by atoms with Gasteiger partial charge in [0.1, 0.15) is 0 Å². The molecule has 0 aliphatic heterocycles. The van der Waals surface area contributed by atoms with Crippen molar-refractivity contribution in [2.75, 3.05) is 0 Å². The lowest BCUT2D eigenvalue weighted by molar-refractivity contribution is 0.708. The topological polar surface area (TPSA) is 94.2 Å². The summed E-state index contributed by atoms with van der Waals surface area (Å²) in [7, 11) is 2.92. The first kappa shape index (κ1) is 10.5. The predicted molar refractivity (Wildman–Crippen MR) is 63.8 cm³/mol. The third-order valence-corrected chi connectivity index (χ3v) is 2.90. The van der Waals surface area contributed by atoms with Gasteiger partial charge in [0.05, 0.1) is 0 Å². The summed E-state index contributed by atoms with van der Waals surface area (Å²) >= 11 is 0. The standard InChI is InChI=1S/C10H9N5O3/c1-13-7-6(8(17)14(2)10(13)18)15-4-3-5(16)11-9(15)12-7/h3-4H,1-2H3,(H,11,12,16). The van der Waals surface area contributed by atoms with E-state index in [1.54, 1.807) is 0 Å². The number of H-pyrrole nitrogens is 1. The maximum Gasteiger partial charge on any atom is 0.332 e. The third kappa shape index (κ3) is 1.14. The first-order valence-electron chi connectivity index (χ1n) is 5.18. The van der Waals surface area contributed by atoms with E-state index in [2.05, 4.69) is 9.97 Å². The third-order valence-electron chi connectivity index (χ3n) is 2.90. The summed E-state index contributed by atoms with van der Waals surface area (Å²) in [5.41, 5.74) is -0.735. The number of nitrogens with one attached hydrogen (secondary N) is 1. The van der Waals surface area contributed by atoms with Gasteiger partial charge in [-0.05, 0) is 0 Å². The van der Waals surface area contributed by atoms with E-state index in [1.165, 1.54) is 35.3 Å². The van der Waals surface area contributed by atoms with Crippen LogP contribution in [0.1, 0.15) is 0 Å². The molecule has 0 aromatic carbocycles. The average molecular weight is 247 g/mol. The van der Waals surface area contributed by atoms with Gasteiger partial charge in [0.25, 0.3) is 11.1 Å². The highest BCUT2D eigenvalue weighted by molar-refractivity contribution is 5.74. The van der Waals surface area contributed by atoms with E-state index in [0.717, 1.165) is 4.57 Å². The van der Waals surface area contributed by atoms with E-state index in [0.29, 0.717) is 0 Å². The van der Waals surface area contributed by atoms with Crippen LogP contribution in [0.25, 0.3) is 16.9 Å². The summed E-state index contributed by atoms with van der Waals surface area (Å²) in [4.78, 5) is 41.6. The van der Waals surface area contributed by atoms with E-state index < -0.39 is 11.2 Å². The predicted octanol–water partition coefficient (Wildman–Crippen LogP) is -1.43. The molecule has 3 rings (SSSR count). The van der Waals surface area contributed by atoms with E-state index in [-0.39, 0.29) is 22.5 Å². The highest BCUT2D eigenvalue weighted by Gasteiger charge is 2.14. The number of hydrogen-bond donors (Lipinski definition) is 1. The molecule has 0 saturated carbocycles. The van der Waals surface area contributed by atoms with Crippen LogP contribution in [0.5, 0.6) is 0 Å². The Morgan fingerprint density at radius 2 is 1.89 bits per heavy atom. The largest absolute Gasteiger partial charge is 0.332 e. The molecule has 0 atom stereocenters. The minimum Gasteiger partial charge on any atom is -0.292 e. The van der Waals surface area contributed by atoms with Gasteiger partial charge >= 0.3 is 5.69 Å². The van der Waals surface area contributed by atoms with Gasteiger partial charge in [-0.25, -0.2) is 4.79 Å². The van der Waals surface area contributed by atoms with Gasteiger partial charge in [0.15, 0.2) is 11.2 Å². The van der Waals surface area contributed by atoms with Crippen LogP contribution >= 0.6 is 0 Å². The number of imidazole rings is 1. The Hall–Kier alpha value is -2.64. The summed E-state index contributed by atoms with van der Waals surface area (Å²) < 4.78 is 3.72. The summed E-state index contributed by atoms with van der Waals surface area (Å²) in [6.45, 7) is 0. The van der Waals surface area contributed by atoms with Crippen LogP contribution < -0.4 is 16.8 Å². The van der Waals surface area contributed by atoms with Crippen molar-refractivity contribution >= 4 is 16.9 Å². The second kappa shape index (κ2) is 3.19. The molecule has 0 fully saturated rings. The Morgan fingerprint density at radius 1 is 1.17 bits per heavy atom. The lowest BCUT2D eigenvalue weighted by atomic mass is 10.5. The number of hydrogen-bond acceptors (Lipinski definition) is 4. The number of aromatic nitrogens is 5. The average Bonchev–Trinajstić information content (AvgIpc) is 2.72. The van der Waals surface area contributed by atoms with Crippen LogP contribution in [-0.2, 0) is 14.1 Å². The minimum atomic E-state index is -0.460. The molecule has 3 heterocycles. The molecule has 0 unspecified atom stereocenters. The maximum atomic E-state index is 12.1. The molecule has 3 aromatic heterocycles. The Balaban J connectivity index is 2.76. The quantitative estimate of drug-likeness (QED) is 0.527. The lowest BCUT2D eigenvalue weighted by Crippen LogP contribution is -2.37. The normalized spacial score (nSPS) is 11.4. The SMILES string of the molecule is Cn1c(=O)c2c(nc3[nH]c(=O)ccn32)n(C)c1=O. The van der Waals surface area contributed by atoms with Crippen LogP contribution in [0.15, 0.2) is 26.6 Å². The van der Waals surface area contributed by atoms with E-state index in [4.69, 9.17) is 0 Å². The zero-order valence-electron chi connectivity index (χ0n) is 9.67. The monoisotopic (exact) mass is 247 g/mol. The highest BCUT2D eigenvalue weighted by atomic mass is 16.2. The first-order chi connectivity index (χ1) is 8.50. The highest BCUT2D eigenvalue weighted by Crippen LogP contribution is 2.07. The van der Waals surface area contributed by atoms with Crippen molar-refractivity contribution in [1.29, 1.82) is 0 Å². The number of rotatable bonds is 0. The zero-order chi connectivity index (χ0) is 13.0. The second-order valence-electron chi connectivity index (χ2n) is 3.99. The molecule has 0 bridgehead atoms. The molecular weight excluding hydrogens is 238 g/mol. The smallest absolute Gasteiger partial charge is 0.292 e. The molecular formula is C10H9N5O3. The molecule has 8 heteroatoms. The summed E-state index contributed by atoms with van der Waals surface area (Å²) in [5, 5.41) is 0. The van der Waals surface area contributed by atoms with Crippen LogP contribution in [0.4, 0.5) is 0 Å². The van der Waals surface area contributed by atoms with Crippen molar-refractivity contribution in [3.8, 4) is 0 Å². The molecule has 0 radical (unpaired) electrons.